The minimum absolute atomic E-state index is 0.0451. The third-order valence-corrected chi connectivity index (χ3v) is 4.63. The molecule has 24 heavy (non-hydrogen) atoms. The van der Waals surface area contributed by atoms with Crippen LogP contribution in [0.3, 0.4) is 0 Å². The first-order valence-corrected chi connectivity index (χ1v) is 8.18. The molecule has 126 valence electrons. The van der Waals surface area contributed by atoms with Gasteiger partial charge in [0.2, 0.25) is 11.8 Å². The number of furan rings is 1. The van der Waals surface area contributed by atoms with Gasteiger partial charge in [-0.1, -0.05) is 29.8 Å². The summed E-state index contributed by atoms with van der Waals surface area (Å²) in [5.74, 6) is 0.493. The zero-order valence-corrected chi connectivity index (χ0v) is 14.0. The molecular formula is C19H22N2O3. The lowest BCUT2D eigenvalue weighted by Gasteiger charge is -2.38. The minimum atomic E-state index is -0.259. The molecule has 0 saturated carbocycles. The Morgan fingerprint density at radius 3 is 2.71 bits per heavy atom. The lowest BCUT2D eigenvalue weighted by molar-refractivity contribution is -0.141. The molecule has 2 aromatic rings. The van der Waals surface area contributed by atoms with Crippen LogP contribution in [0.25, 0.3) is 0 Å². The van der Waals surface area contributed by atoms with Crippen LogP contribution in [-0.2, 0) is 16.1 Å². The number of nitrogens with zero attached hydrogens (tertiary/aromatic N) is 1. The van der Waals surface area contributed by atoms with Gasteiger partial charge in [0.15, 0.2) is 0 Å². The molecule has 3 rings (SSSR count). The first-order valence-electron chi connectivity index (χ1n) is 8.18. The second-order valence-corrected chi connectivity index (χ2v) is 6.30. The van der Waals surface area contributed by atoms with Gasteiger partial charge < -0.3 is 14.6 Å². The standard InChI is InChI=1S/C19H22N2O3/c1-13-5-7-14(8-6-13)18-16(9-10-17(22)21(18)2)19(23)20-12-15-4-3-11-24-15/h3-8,11,16,18H,9-10,12H2,1-2H3,(H,20,23)/t16-,18+/m1/s1. The van der Waals surface area contributed by atoms with Crippen molar-refractivity contribution in [3.63, 3.8) is 0 Å². The SMILES string of the molecule is Cc1ccc([C@H]2[C@H](C(=O)NCc3ccco3)CCC(=O)N2C)cc1. The summed E-state index contributed by atoms with van der Waals surface area (Å²) in [5.41, 5.74) is 2.15. The van der Waals surface area contributed by atoms with Crippen LogP contribution >= 0.6 is 0 Å². The van der Waals surface area contributed by atoms with E-state index in [1.54, 1.807) is 24.3 Å². The fourth-order valence-corrected chi connectivity index (χ4v) is 3.25. The third kappa shape index (κ3) is 3.35. The summed E-state index contributed by atoms with van der Waals surface area (Å²) < 4.78 is 5.25. The number of nitrogens with one attached hydrogen (secondary N) is 1. The third-order valence-electron chi connectivity index (χ3n) is 4.63. The van der Waals surface area contributed by atoms with Crippen molar-refractivity contribution in [1.82, 2.24) is 10.2 Å². The Morgan fingerprint density at radius 2 is 2.04 bits per heavy atom. The lowest BCUT2D eigenvalue weighted by atomic mass is 9.83. The van der Waals surface area contributed by atoms with E-state index in [0.717, 1.165) is 16.9 Å². The number of hydrogen-bond donors (Lipinski definition) is 1. The summed E-state index contributed by atoms with van der Waals surface area (Å²) in [6.45, 7) is 2.38. The van der Waals surface area contributed by atoms with E-state index in [2.05, 4.69) is 5.32 Å². The van der Waals surface area contributed by atoms with Gasteiger partial charge in [-0.25, -0.2) is 0 Å². The molecule has 2 amide bonds. The highest BCUT2D eigenvalue weighted by molar-refractivity contribution is 5.84. The Kier molecular flexibility index (Phi) is 4.69. The molecule has 0 spiro atoms. The molecule has 0 unspecified atom stereocenters. The molecule has 0 bridgehead atoms. The zero-order chi connectivity index (χ0) is 17.1. The molecule has 1 fully saturated rings. The summed E-state index contributed by atoms with van der Waals surface area (Å²) in [7, 11) is 1.78. The number of carbonyl (C=O) groups is 2. The number of carbonyl (C=O) groups excluding carboxylic acids is 2. The first-order chi connectivity index (χ1) is 11.6. The zero-order valence-electron chi connectivity index (χ0n) is 14.0. The second-order valence-electron chi connectivity index (χ2n) is 6.30. The Bertz CT molecular complexity index is 707. The maximum atomic E-state index is 12.7. The molecule has 2 atom stereocenters. The average Bonchev–Trinajstić information content (AvgIpc) is 3.09. The first kappa shape index (κ1) is 16.3. The molecular weight excluding hydrogens is 304 g/mol. The van der Waals surface area contributed by atoms with Gasteiger partial charge in [0.25, 0.3) is 0 Å². The molecule has 1 saturated heterocycles. The number of hydrogen-bond acceptors (Lipinski definition) is 3. The van der Waals surface area contributed by atoms with Gasteiger partial charge >= 0.3 is 0 Å². The molecule has 5 nitrogen and oxygen atoms in total. The van der Waals surface area contributed by atoms with Crippen LogP contribution in [-0.4, -0.2) is 23.8 Å². The molecule has 2 heterocycles. The van der Waals surface area contributed by atoms with E-state index >= 15 is 0 Å². The summed E-state index contributed by atoms with van der Waals surface area (Å²) in [4.78, 5) is 26.5. The van der Waals surface area contributed by atoms with Gasteiger partial charge in [-0.3, -0.25) is 9.59 Å². The van der Waals surface area contributed by atoms with Crippen LogP contribution < -0.4 is 5.32 Å². The predicted molar refractivity (Wildman–Crippen MR) is 90.0 cm³/mol. The van der Waals surface area contributed by atoms with Crippen molar-refractivity contribution in [2.45, 2.75) is 32.4 Å². The average molecular weight is 326 g/mol. The van der Waals surface area contributed by atoms with Crippen molar-refractivity contribution < 1.29 is 14.0 Å². The highest BCUT2D eigenvalue weighted by atomic mass is 16.3. The number of amides is 2. The van der Waals surface area contributed by atoms with Gasteiger partial charge in [0, 0.05) is 13.5 Å². The van der Waals surface area contributed by atoms with Crippen LogP contribution in [0.4, 0.5) is 0 Å². The molecule has 1 aliphatic heterocycles. The molecule has 0 aliphatic carbocycles. The summed E-state index contributed by atoms with van der Waals surface area (Å²) in [5, 5.41) is 2.93. The maximum Gasteiger partial charge on any atom is 0.225 e. The number of aryl methyl sites for hydroxylation is 1. The molecule has 1 aromatic heterocycles. The van der Waals surface area contributed by atoms with Crippen molar-refractivity contribution in [2.24, 2.45) is 5.92 Å². The summed E-state index contributed by atoms with van der Waals surface area (Å²) >= 11 is 0. The van der Waals surface area contributed by atoms with Gasteiger partial charge in [-0.15, -0.1) is 0 Å². The van der Waals surface area contributed by atoms with Crippen LogP contribution in [0.5, 0.6) is 0 Å². The van der Waals surface area contributed by atoms with E-state index < -0.39 is 0 Å². The molecule has 1 N–H and O–H groups in total. The normalized spacial score (nSPS) is 20.9. The van der Waals surface area contributed by atoms with Crippen molar-refractivity contribution in [3.05, 3.63) is 59.5 Å². The quantitative estimate of drug-likeness (QED) is 0.940. The Balaban J connectivity index is 1.79. The topological polar surface area (TPSA) is 62.6 Å². The second kappa shape index (κ2) is 6.91. The maximum absolute atomic E-state index is 12.7. The smallest absolute Gasteiger partial charge is 0.225 e. The molecule has 1 aromatic carbocycles. The minimum Gasteiger partial charge on any atom is -0.467 e. The summed E-state index contributed by atoms with van der Waals surface area (Å²) in [6.07, 6.45) is 2.55. The van der Waals surface area contributed by atoms with Crippen LogP contribution in [0, 0.1) is 12.8 Å². The molecule has 0 radical (unpaired) electrons. The Labute approximate surface area is 141 Å². The van der Waals surface area contributed by atoms with Crippen molar-refractivity contribution in [2.75, 3.05) is 7.05 Å². The highest BCUT2D eigenvalue weighted by Gasteiger charge is 2.38. The number of benzene rings is 1. The van der Waals surface area contributed by atoms with Gasteiger partial charge in [0.05, 0.1) is 24.8 Å². The number of likely N-dealkylation sites (tertiary alicyclic amines) is 1. The Morgan fingerprint density at radius 1 is 1.29 bits per heavy atom. The van der Waals surface area contributed by atoms with E-state index in [1.807, 2.05) is 37.3 Å². The van der Waals surface area contributed by atoms with Crippen molar-refractivity contribution in [1.29, 1.82) is 0 Å². The van der Waals surface area contributed by atoms with E-state index in [1.165, 1.54) is 0 Å². The van der Waals surface area contributed by atoms with Crippen LogP contribution in [0.2, 0.25) is 0 Å². The number of piperidine rings is 1. The van der Waals surface area contributed by atoms with E-state index in [0.29, 0.717) is 19.4 Å². The van der Waals surface area contributed by atoms with Crippen molar-refractivity contribution >= 4 is 11.8 Å². The van der Waals surface area contributed by atoms with Crippen molar-refractivity contribution in [3.8, 4) is 0 Å². The Hall–Kier alpha value is -2.56. The highest BCUT2D eigenvalue weighted by Crippen LogP contribution is 2.36. The fraction of sp³-hybridized carbons (Fsp3) is 0.368. The fourth-order valence-electron chi connectivity index (χ4n) is 3.25. The van der Waals surface area contributed by atoms with Gasteiger partial charge in [0.1, 0.15) is 5.76 Å². The van der Waals surface area contributed by atoms with Crippen LogP contribution in [0.1, 0.15) is 35.8 Å². The summed E-state index contributed by atoms with van der Waals surface area (Å²) in [6, 6.07) is 11.4. The largest absolute Gasteiger partial charge is 0.467 e. The monoisotopic (exact) mass is 326 g/mol. The van der Waals surface area contributed by atoms with Gasteiger partial charge in [-0.2, -0.15) is 0 Å². The predicted octanol–water partition coefficient (Wildman–Crippen LogP) is 2.81. The van der Waals surface area contributed by atoms with E-state index in [9.17, 15) is 9.59 Å². The molecule has 1 aliphatic rings. The van der Waals surface area contributed by atoms with Gasteiger partial charge in [-0.05, 0) is 31.0 Å². The lowest BCUT2D eigenvalue weighted by Crippen LogP contribution is -2.46. The molecule has 5 heteroatoms. The van der Waals surface area contributed by atoms with Crippen LogP contribution in [0.15, 0.2) is 47.1 Å². The van der Waals surface area contributed by atoms with E-state index in [-0.39, 0.29) is 23.8 Å². The van der Waals surface area contributed by atoms with E-state index in [4.69, 9.17) is 4.42 Å². The number of rotatable bonds is 4.